The SMILES string of the molecule is Clc1cccc(NCC2CCCC2)n1. The number of halogens is 1. The lowest BCUT2D eigenvalue weighted by Gasteiger charge is -2.10. The lowest BCUT2D eigenvalue weighted by molar-refractivity contribution is 0.579. The summed E-state index contributed by atoms with van der Waals surface area (Å²) in [6.45, 7) is 1.04. The molecule has 0 amide bonds. The molecule has 0 bridgehead atoms. The molecular weight excluding hydrogens is 196 g/mol. The molecule has 0 unspecified atom stereocenters. The highest BCUT2D eigenvalue weighted by Crippen LogP contribution is 2.24. The largest absolute Gasteiger partial charge is 0.370 e. The third-order valence-electron chi connectivity index (χ3n) is 2.76. The molecule has 76 valence electrons. The minimum absolute atomic E-state index is 0.557. The van der Waals surface area contributed by atoms with E-state index in [1.54, 1.807) is 6.07 Å². The molecule has 1 N–H and O–H groups in total. The summed E-state index contributed by atoms with van der Waals surface area (Å²) in [6.07, 6.45) is 5.48. The molecule has 0 saturated heterocycles. The Kier molecular flexibility index (Phi) is 3.25. The fourth-order valence-electron chi connectivity index (χ4n) is 1.97. The quantitative estimate of drug-likeness (QED) is 0.775. The zero-order chi connectivity index (χ0) is 9.80. The Balaban J connectivity index is 1.85. The maximum absolute atomic E-state index is 5.79. The summed E-state index contributed by atoms with van der Waals surface area (Å²) < 4.78 is 0. The van der Waals surface area contributed by atoms with Gasteiger partial charge in [-0.3, -0.25) is 0 Å². The fraction of sp³-hybridized carbons (Fsp3) is 0.545. The van der Waals surface area contributed by atoms with Gasteiger partial charge in [0, 0.05) is 6.54 Å². The van der Waals surface area contributed by atoms with E-state index in [4.69, 9.17) is 11.6 Å². The van der Waals surface area contributed by atoms with Gasteiger partial charge in [0.15, 0.2) is 0 Å². The smallest absolute Gasteiger partial charge is 0.131 e. The van der Waals surface area contributed by atoms with Crippen molar-refractivity contribution in [2.75, 3.05) is 11.9 Å². The van der Waals surface area contributed by atoms with Crippen molar-refractivity contribution in [3.05, 3.63) is 23.4 Å². The van der Waals surface area contributed by atoms with Crippen molar-refractivity contribution in [1.29, 1.82) is 0 Å². The monoisotopic (exact) mass is 210 g/mol. The second kappa shape index (κ2) is 4.65. The number of hydrogen-bond donors (Lipinski definition) is 1. The zero-order valence-corrected chi connectivity index (χ0v) is 8.93. The molecule has 2 rings (SSSR count). The third kappa shape index (κ3) is 2.61. The van der Waals surface area contributed by atoms with Gasteiger partial charge in [0.05, 0.1) is 0 Å². The fourth-order valence-corrected chi connectivity index (χ4v) is 2.13. The number of anilines is 1. The Bertz CT molecular complexity index is 295. The average Bonchev–Trinajstić information content (AvgIpc) is 2.67. The number of aromatic nitrogens is 1. The van der Waals surface area contributed by atoms with Gasteiger partial charge in [-0.25, -0.2) is 4.98 Å². The van der Waals surface area contributed by atoms with Crippen LogP contribution in [0.1, 0.15) is 25.7 Å². The summed E-state index contributed by atoms with van der Waals surface area (Å²) in [5.74, 6) is 1.72. The summed E-state index contributed by atoms with van der Waals surface area (Å²) in [5, 5.41) is 3.89. The van der Waals surface area contributed by atoms with Crippen molar-refractivity contribution in [3.63, 3.8) is 0 Å². The van der Waals surface area contributed by atoms with E-state index in [1.165, 1.54) is 25.7 Å². The van der Waals surface area contributed by atoms with Crippen LogP contribution in [0.25, 0.3) is 0 Å². The van der Waals surface area contributed by atoms with E-state index in [-0.39, 0.29) is 0 Å². The first-order valence-electron chi connectivity index (χ1n) is 5.21. The molecule has 0 aromatic carbocycles. The Labute approximate surface area is 89.7 Å². The molecule has 0 aliphatic heterocycles. The number of rotatable bonds is 3. The van der Waals surface area contributed by atoms with E-state index in [1.807, 2.05) is 12.1 Å². The van der Waals surface area contributed by atoms with Crippen LogP contribution in [0.15, 0.2) is 18.2 Å². The molecule has 2 nitrogen and oxygen atoms in total. The standard InChI is InChI=1S/C11H15ClN2/c12-10-6-3-7-11(14-10)13-8-9-4-1-2-5-9/h3,6-7,9H,1-2,4-5,8H2,(H,13,14). The van der Waals surface area contributed by atoms with Crippen molar-refractivity contribution < 1.29 is 0 Å². The van der Waals surface area contributed by atoms with Crippen LogP contribution in [0.5, 0.6) is 0 Å². The summed E-state index contributed by atoms with van der Waals surface area (Å²) in [7, 11) is 0. The first kappa shape index (κ1) is 9.78. The van der Waals surface area contributed by atoms with Gasteiger partial charge < -0.3 is 5.32 Å². The molecule has 1 aromatic rings. The summed E-state index contributed by atoms with van der Waals surface area (Å²) >= 11 is 5.79. The molecule has 1 saturated carbocycles. The highest BCUT2D eigenvalue weighted by atomic mass is 35.5. The van der Waals surface area contributed by atoms with Crippen LogP contribution in [0.4, 0.5) is 5.82 Å². The van der Waals surface area contributed by atoms with Gasteiger partial charge in [0.2, 0.25) is 0 Å². The maximum Gasteiger partial charge on any atom is 0.131 e. The summed E-state index contributed by atoms with van der Waals surface area (Å²) in [6, 6.07) is 5.68. The molecule has 1 heterocycles. The summed E-state index contributed by atoms with van der Waals surface area (Å²) in [4.78, 5) is 4.19. The van der Waals surface area contributed by atoms with Crippen LogP contribution in [0.3, 0.4) is 0 Å². The summed E-state index contributed by atoms with van der Waals surface area (Å²) in [5.41, 5.74) is 0. The van der Waals surface area contributed by atoms with E-state index >= 15 is 0 Å². The maximum atomic E-state index is 5.79. The lowest BCUT2D eigenvalue weighted by Crippen LogP contribution is -2.11. The number of nitrogens with zero attached hydrogens (tertiary/aromatic N) is 1. The Morgan fingerprint density at radius 1 is 1.36 bits per heavy atom. The van der Waals surface area contributed by atoms with Crippen molar-refractivity contribution in [1.82, 2.24) is 4.98 Å². The van der Waals surface area contributed by atoms with Crippen LogP contribution in [0, 0.1) is 5.92 Å². The zero-order valence-electron chi connectivity index (χ0n) is 8.17. The van der Waals surface area contributed by atoms with E-state index in [9.17, 15) is 0 Å². The molecule has 1 aliphatic rings. The van der Waals surface area contributed by atoms with E-state index in [0.717, 1.165) is 18.3 Å². The molecule has 14 heavy (non-hydrogen) atoms. The molecule has 3 heteroatoms. The van der Waals surface area contributed by atoms with Gasteiger partial charge in [0.1, 0.15) is 11.0 Å². The van der Waals surface area contributed by atoms with Crippen molar-refractivity contribution in [2.45, 2.75) is 25.7 Å². The van der Waals surface area contributed by atoms with Crippen LogP contribution < -0.4 is 5.32 Å². The molecule has 0 radical (unpaired) electrons. The minimum Gasteiger partial charge on any atom is -0.370 e. The van der Waals surface area contributed by atoms with Gasteiger partial charge in [-0.15, -0.1) is 0 Å². The van der Waals surface area contributed by atoms with Crippen molar-refractivity contribution in [3.8, 4) is 0 Å². The highest BCUT2D eigenvalue weighted by Gasteiger charge is 2.14. The molecule has 1 aromatic heterocycles. The van der Waals surface area contributed by atoms with Gasteiger partial charge >= 0.3 is 0 Å². The van der Waals surface area contributed by atoms with Crippen LogP contribution >= 0.6 is 11.6 Å². The lowest BCUT2D eigenvalue weighted by atomic mass is 10.1. The number of pyridine rings is 1. The Morgan fingerprint density at radius 3 is 2.86 bits per heavy atom. The predicted octanol–water partition coefficient (Wildman–Crippen LogP) is 3.34. The Morgan fingerprint density at radius 2 is 2.14 bits per heavy atom. The van der Waals surface area contributed by atoms with Crippen molar-refractivity contribution in [2.24, 2.45) is 5.92 Å². The molecule has 0 spiro atoms. The number of hydrogen-bond acceptors (Lipinski definition) is 2. The number of nitrogens with one attached hydrogen (secondary N) is 1. The van der Waals surface area contributed by atoms with Crippen LogP contribution in [0.2, 0.25) is 5.15 Å². The minimum atomic E-state index is 0.557. The molecule has 1 aliphatic carbocycles. The normalized spacial score (nSPS) is 17.2. The topological polar surface area (TPSA) is 24.9 Å². The van der Waals surface area contributed by atoms with Gasteiger partial charge in [-0.05, 0) is 30.9 Å². The third-order valence-corrected chi connectivity index (χ3v) is 2.97. The average molecular weight is 211 g/mol. The second-order valence-corrected chi connectivity index (χ2v) is 4.26. The first-order valence-corrected chi connectivity index (χ1v) is 5.59. The van der Waals surface area contributed by atoms with Gasteiger partial charge in [0.25, 0.3) is 0 Å². The van der Waals surface area contributed by atoms with Crippen molar-refractivity contribution >= 4 is 17.4 Å². The Hall–Kier alpha value is -0.760. The molecule has 0 atom stereocenters. The first-order chi connectivity index (χ1) is 6.84. The van der Waals surface area contributed by atoms with Gasteiger partial charge in [-0.1, -0.05) is 30.5 Å². The highest BCUT2D eigenvalue weighted by molar-refractivity contribution is 6.29. The van der Waals surface area contributed by atoms with Gasteiger partial charge in [-0.2, -0.15) is 0 Å². The second-order valence-electron chi connectivity index (χ2n) is 3.88. The van der Waals surface area contributed by atoms with Crippen LogP contribution in [-0.4, -0.2) is 11.5 Å². The predicted molar refractivity (Wildman–Crippen MR) is 59.7 cm³/mol. The molecular formula is C11H15ClN2. The van der Waals surface area contributed by atoms with E-state index < -0.39 is 0 Å². The molecule has 1 fully saturated rings. The van der Waals surface area contributed by atoms with E-state index in [2.05, 4.69) is 10.3 Å². The van der Waals surface area contributed by atoms with E-state index in [0.29, 0.717) is 5.15 Å². The van der Waals surface area contributed by atoms with Crippen LogP contribution in [-0.2, 0) is 0 Å².